The van der Waals surface area contributed by atoms with Crippen LogP contribution in [0, 0.1) is 20.8 Å². The minimum absolute atomic E-state index is 0.0848. The van der Waals surface area contributed by atoms with E-state index in [1.54, 1.807) is 0 Å². The molecule has 0 aliphatic rings. The second-order valence-electron chi connectivity index (χ2n) is 7.23. The molecule has 0 unspecified atom stereocenters. The van der Waals surface area contributed by atoms with Gasteiger partial charge in [0.2, 0.25) is 0 Å². The Kier molecular flexibility index (Phi) is 5.33. The zero-order chi connectivity index (χ0) is 16.6. The third-order valence-corrected chi connectivity index (χ3v) is 9.61. The van der Waals surface area contributed by atoms with Crippen molar-refractivity contribution < 1.29 is 9.22 Å². The largest absolute Gasteiger partial charge is 0.542 e. The van der Waals surface area contributed by atoms with Crippen LogP contribution < -0.4 is 4.43 Å². The van der Waals surface area contributed by atoms with Crippen molar-refractivity contribution in [2.75, 3.05) is 0 Å². The van der Waals surface area contributed by atoms with Crippen LogP contribution in [0.1, 0.15) is 43.0 Å². The van der Waals surface area contributed by atoms with E-state index >= 15 is 0 Å². The first-order chi connectivity index (χ1) is 9.44. The second-order valence-corrected chi connectivity index (χ2v) is 12.3. The minimum atomic E-state index is -2.00. The second kappa shape index (κ2) is 6.13. The Hall–Kier alpha value is -0.803. The summed E-state index contributed by atoms with van der Waals surface area (Å²) in [6.07, 6.45) is 1.27. The van der Waals surface area contributed by atoms with Gasteiger partial charge < -0.3 is 9.22 Å². The number of hydrogen-bond donors (Lipinski definition) is 0. The number of hydrogen-bond acceptors (Lipinski definition) is 2. The molecule has 1 aromatic rings. The minimum Gasteiger partial charge on any atom is -0.542 e. The average molecular weight is 327 g/mol. The lowest BCUT2D eigenvalue weighted by Gasteiger charge is -2.38. The standard InChI is InChI=1S/C17H27ClO2Si/c1-11-12(2)14(9-10-19)16(15(18)13(11)3)20-21(7,8)17(4,5)6/h10H,9H2,1-8H3. The van der Waals surface area contributed by atoms with Crippen LogP contribution in [-0.4, -0.2) is 14.6 Å². The van der Waals surface area contributed by atoms with Crippen molar-refractivity contribution in [2.45, 2.75) is 66.1 Å². The number of rotatable bonds is 4. The zero-order valence-corrected chi connectivity index (χ0v) is 16.2. The summed E-state index contributed by atoms with van der Waals surface area (Å²) < 4.78 is 6.45. The monoisotopic (exact) mass is 326 g/mol. The average Bonchev–Trinajstić information content (AvgIpc) is 2.36. The first-order valence-electron chi connectivity index (χ1n) is 7.34. The van der Waals surface area contributed by atoms with Crippen molar-refractivity contribution in [3.05, 3.63) is 27.3 Å². The summed E-state index contributed by atoms with van der Waals surface area (Å²) in [7, 11) is -2.00. The molecule has 0 atom stereocenters. The molecule has 21 heavy (non-hydrogen) atoms. The highest BCUT2D eigenvalue weighted by molar-refractivity contribution is 6.74. The van der Waals surface area contributed by atoms with Gasteiger partial charge >= 0.3 is 0 Å². The van der Waals surface area contributed by atoms with Gasteiger partial charge in [0.25, 0.3) is 8.32 Å². The summed E-state index contributed by atoms with van der Waals surface area (Å²) in [6.45, 7) is 17.1. The molecule has 1 aromatic carbocycles. The van der Waals surface area contributed by atoms with E-state index in [0.29, 0.717) is 11.4 Å². The van der Waals surface area contributed by atoms with Crippen molar-refractivity contribution >= 4 is 26.2 Å². The smallest absolute Gasteiger partial charge is 0.250 e. The summed E-state index contributed by atoms with van der Waals surface area (Å²) in [5, 5.41) is 0.737. The van der Waals surface area contributed by atoms with E-state index in [4.69, 9.17) is 16.0 Å². The lowest BCUT2D eigenvalue weighted by molar-refractivity contribution is -0.107. The zero-order valence-electron chi connectivity index (χ0n) is 14.5. The fourth-order valence-electron chi connectivity index (χ4n) is 1.99. The Labute approximate surface area is 135 Å². The van der Waals surface area contributed by atoms with Crippen LogP contribution >= 0.6 is 11.6 Å². The van der Waals surface area contributed by atoms with Crippen LogP contribution in [0.3, 0.4) is 0 Å². The molecular weight excluding hydrogens is 300 g/mol. The van der Waals surface area contributed by atoms with Crippen LogP contribution in [0.2, 0.25) is 23.2 Å². The maximum atomic E-state index is 11.1. The number of benzene rings is 1. The number of halogens is 1. The van der Waals surface area contributed by atoms with Crippen molar-refractivity contribution in [3.8, 4) is 5.75 Å². The van der Waals surface area contributed by atoms with Gasteiger partial charge in [0.15, 0.2) is 0 Å². The van der Waals surface area contributed by atoms with E-state index in [0.717, 1.165) is 34.3 Å². The lowest BCUT2D eigenvalue weighted by atomic mass is 9.96. The fourth-order valence-corrected chi connectivity index (χ4v) is 3.39. The summed E-state index contributed by atoms with van der Waals surface area (Å²) in [5.41, 5.74) is 4.22. The summed E-state index contributed by atoms with van der Waals surface area (Å²) in [5.74, 6) is 0.718. The molecule has 0 amide bonds. The third kappa shape index (κ3) is 3.51. The first kappa shape index (κ1) is 18.2. The molecule has 0 aliphatic heterocycles. The Bertz CT molecular complexity index is 557. The fraction of sp³-hybridized carbons (Fsp3) is 0.588. The highest BCUT2D eigenvalue weighted by atomic mass is 35.5. The number of carbonyl (C=O) groups is 1. The lowest BCUT2D eigenvalue weighted by Crippen LogP contribution is -2.44. The Morgan fingerprint density at radius 2 is 1.62 bits per heavy atom. The van der Waals surface area contributed by atoms with Gasteiger partial charge in [-0.1, -0.05) is 32.4 Å². The molecule has 118 valence electrons. The number of aldehydes is 1. The molecule has 0 N–H and O–H groups in total. The third-order valence-electron chi connectivity index (χ3n) is 4.83. The normalized spacial score (nSPS) is 12.4. The molecule has 0 fully saturated rings. The van der Waals surface area contributed by atoms with E-state index < -0.39 is 8.32 Å². The van der Waals surface area contributed by atoms with Gasteiger partial charge in [-0.05, 0) is 55.6 Å². The SMILES string of the molecule is Cc1c(C)c(Cl)c(O[Si](C)(C)C(C)(C)C)c(CC=O)c1C. The van der Waals surface area contributed by atoms with Gasteiger partial charge in [0, 0.05) is 12.0 Å². The summed E-state index contributed by atoms with van der Waals surface area (Å²) in [4.78, 5) is 11.1. The van der Waals surface area contributed by atoms with Crippen LogP contribution in [-0.2, 0) is 11.2 Å². The van der Waals surface area contributed by atoms with Gasteiger partial charge in [0.05, 0.1) is 5.02 Å². The van der Waals surface area contributed by atoms with Gasteiger partial charge in [-0.25, -0.2) is 0 Å². The summed E-state index contributed by atoms with van der Waals surface area (Å²) in [6, 6.07) is 0. The van der Waals surface area contributed by atoms with Gasteiger partial charge in [-0.15, -0.1) is 0 Å². The first-order valence-corrected chi connectivity index (χ1v) is 10.6. The van der Waals surface area contributed by atoms with E-state index in [-0.39, 0.29) is 5.04 Å². The van der Waals surface area contributed by atoms with Gasteiger partial charge in [-0.3, -0.25) is 0 Å². The quantitative estimate of drug-likeness (QED) is 0.547. The maximum Gasteiger partial charge on any atom is 0.250 e. The highest BCUT2D eigenvalue weighted by Gasteiger charge is 2.40. The predicted molar refractivity (Wildman–Crippen MR) is 93.3 cm³/mol. The van der Waals surface area contributed by atoms with Crippen molar-refractivity contribution in [2.24, 2.45) is 0 Å². The molecule has 1 rings (SSSR count). The number of carbonyl (C=O) groups excluding carboxylic acids is 1. The molecule has 0 heterocycles. The van der Waals surface area contributed by atoms with Gasteiger partial charge in [-0.2, -0.15) is 0 Å². The molecule has 4 heteroatoms. The van der Waals surface area contributed by atoms with Crippen molar-refractivity contribution in [1.82, 2.24) is 0 Å². The van der Waals surface area contributed by atoms with Crippen molar-refractivity contribution in [1.29, 1.82) is 0 Å². The Balaban J connectivity index is 3.51. The van der Waals surface area contributed by atoms with Gasteiger partial charge in [0.1, 0.15) is 12.0 Å². The molecular formula is C17H27ClO2Si. The predicted octanol–water partition coefficient (Wildman–Crippen LogP) is 5.39. The van der Waals surface area contributed by atoms with E-state index in [1.807, 2.05) is 20.8 Å². The molecule has 0 saturated carbocycles. The van der Waals surface area contributed by atoms with E-state index in [9.17, 15) is 4.79 Å². The van der Waals surface area contributed by atoms with Crippen LogP contribution in [0.15, 0.2) is 0 Å². The maximum absolute atomic E-state index is 11.1. The van der Waals surface area contributed by atoms with Crippen LogP contribution in [0.25, 0.3) is 0 Å². The van der Waals surface area contributed by atoms with Crippen LogP contribution in [0.4, 0.5) is 0 Å². The van der Waals surface area contributed by atoms with E-state index in [2.05, 4.69) is 33.9 Å². The molecule has 0 aromatic heterocycles. The topological polar surface area (TPSA) is 26.3 Å². The highest BCUT2D eigenvalue weighted by Crippen LogP contribution is 2.43. The molecule has 2 nitrogen and oxygen atoms in total. The molecule has 0 saturated heterocycles. The summed E-state index contributed by atoms with van der Waals surface area (Å²) >= 11 is 6.55. The Morgan fingerprint density at radius 1 is 1.10 bits per heavy atom. The van der Waals surface area contributed by atoms with Crippen molar-refractivity contribution in [3.63, 3.8) is 0 Å². The van der Waals surface area contributed by atoms with E-state index in [1.165, 1.54) is 0 Å². The molecule has 0 aliphatic carbocycles. The molecule has 0 bridgehead atoms. The van der Waals surface area contributed by atoms with Crippen LogP contribution in [0.5, 0.6) is 5.75 Å². The molecule has 0 radical (unpaired) electrons. The molecule has 0 spiro atoms. The Morgan fingerprint density at radius 3 is 2.05 bits per heavy atom.